The van der Waals surface area contributed by atoms with E-state index < -0.39 is 31.6 Å². The molecule has 0 saturated heterocycles. The average Bonchev–Trinajstić information content (AvgIpc) is 1.55. The molecule has 0 aliphatic carbocycles. The third-order valence-electron chi connectivity index (χ3n) is 0.921. The first-order valence-corrected chi connectivity index (χ1v) is 2.84. The van der Waals surface area contributed by atoms with Crippen LogP contribution in [0.3, 0.4) is 0 Å². The number of rotatable bonds is 2. The molecule has 2 radical (unpaired) electrons. The van der Waals surface area contributed by atoms with Gasteiger partial charge < -0.3 is 0 Å². The topological polar surface area (TPSA) is 0 Å². The zero-order chi connectivity index (χ0) is 9.12. The third-order valence-corrected chi connectivity index (χ3v) is 0.921. The summed E-state index contributed by atoms with van der Waals surface area (Å²) in [6.45, 7) is 0. The van der Waals surface area contributed by atoms with E-state index in [1.807, 2.05) is 0 Å². The van der Waals surface area contributed by atoms with Crippen LogP contribution in [0.25, 0.3) is 0 Å². The summed E-state index contributed by atoms with van der Waals surface area (Å²) >= 11 is 0. The zero-order valence-corrected chi connectivity index (χ0v) is 7.51. The Morgan fingerprint density at radius 1 is 0.667 bits per heavy atom. The summed E-state index contributed by atoms with van der Waals surface area (Å²) in [6.07, 6.45) is -12.6. The Morgan fingerprint density at radius 3 is 1.08 bits per heavy atom. The molecule has 0 heterocycles. The lowest BCUT2D eigenvalue weighted by Crippen LogP contribution is -2.11. The second-order valence-corrected chi connectivity index (χ2v) is 2.08. The fourth-order valence-electron chi connectivity index (χ4n) is 0.489. The molecule has 0 amide bonds. The molecule has 0 saturated carbocycles. The van der Waals surface area contributed by atoms with Crippen LogP contribution in [0.4, 0.5) is 26.3 Å². The van der Waals surface area contributed by atoms with Gasteiger partial charge in [0.05, 0.1) is 0 Å². The largest absolute Gasteiger partial charge is 0.389 e. The Hall–Kier alpha value is 0.346. The molecule has 0 N–H and O–H groups in total. The molecule has 0 unspecified atom stereocenters. The summed E-state index contributed by atoms with van der Waals surface area (Å²) in [5, 5.41) is 0. The monoisotopic (exact) mass is 204 g/mol. The van der Waals surface area contributed by atoms with Gasteiger partial charge in [-0.2, -0.15) is 26.3 Å². The van der Waals surface area contributed by atoms with Crippen LogP contribution in [-0.4, -0.2) is 35.4 Å². The molecule has 0 rings (SSSR count). The van der Waals surface area contributed by atoms with E-state index in [4.69, 9.17) is 0 Å². The molecular weight excluding hydrogens is 198 g/mol. The van der Waals surface area contributed by atoms with Gasteiger partial charge in [0.2, 0.25) is 0 Å². The van der Waals surface area contributed by atoms with Crippen molar-refractivity contribution < 1.29 is 26.3 Å². The fraction of sp³-hybridized carbons (Fsp3) is 1.00. The molecule has 12 heavy (non-hydrogen) atoms. The minimum absolute atomic E-state index is 0. The molecular formula is C5H6F6Mg. The van der Waals surface area contributed by atoms with E-state index in [-0.39, 0.29) is 23.1 Å². The molecule has 0 aromatic heterocycles. The highest BCUT2D eigenvalue weighted by atomic mass is 24.3. The second-order valence-electron chi connectivity index (χ2n) is 2.08. The number of hydrogen-bond acceptors (Lipinski definition) is 0. The van der Waals surface area contributed by atoms with Crippen LogP contribution in [0.1, 0.15) is 19.3 Å². The molecule has 70 valence electrons. The van der Waals surface area contributed by atoms with Gasteiger partial charge in [0.25, 0.3) is 0 Å². The van der Waals surface area contributed by atoms with E-state index in [9.17, 15) is 26.3 Å². The molecule has 0 aromatic carbocycles. The Bertz CT molecular complexity index is 100. The van der Waals surface area contributed by atoms with E-state index >= 15 is 0 Å². The van der Waals surface area contributed by atoms with Crippen molar-refractivity contribution in [2.24, 2.45) is 0 Å². The molecule has 0 spiro atoms. The summed E-state index contributed by atoms with van der Waals surface area (Å²) in [4.78, 5) is 0. The van der Waals surface area contributed by atoms with Crippen LogP contribution in [0, 0.1) is 0 Å². The number of hydrogen-bond donors (Lipinski definition) is 0. The van der Waals surface area contributed by atoms with E-state index in [1.54, 1.807) is 0 Å². The van der Waals surface area contributed by atoms with Crippen molar-refractivity contribution in [1.29, 1.82) is 0 Å². The highest BCUT2D eigenvalue weighted by molar-refractivity contribution is 5.75. The summed E-state index contributed by atoms with van der Waals surface area (Å²) in [6, 6.07) is 0. The Balaban J connectivity index is 0. The van der Waals surface area contributed by atoms with Gasteiger partial charge in [-0.25, -0.2) is 0 Å². The predicted molar refractivity (Wildman–Crippen MR) is 31.7 cm³/mol. The first-order valence-electron chi connectivity index (χ1n) is 2.84. The van der Waals surface area contributed by atoms with Crippen molar-refractivity contribution in [2.75, 3.05) is 0 Å². The highest BCUT2D eigenvalue weighted by Crippen LogP contribution is 2.27. The number of alkyl halides is 6. The first kappa shape index (κ1) is 14.8. The van der Waals surface area contributed by atoms with Gasteiger partial charge in [-0.3, -0.25) is 0 Å². The van der Waals surface area contributed by atoms with Crippen LogP contribution in [-0.2, 0) is 0 Å². The Kier molecular flexibility index (Phi) is 6.38. The van der Waals surface area contributed by atoms with Gasteiger partial charge in [0.15, 0.2) is 0 Å². The predicted octanol–water partition coefficient (Wildman–Crippen LogP) is 2.90. The van der Waals surface area contributed by atoms with Crippen molar-refractivity contribution >= 4 is 23.1 Å². The molecule has 7 heteroatoms. The molecule has 0 fully saturated rings. The Morgan fingerprint density at radius 2 is 0.917 bits per heavy atom. The SMILES string of the molecule is FC(F)(F)CCCC(F)(F)F.[Mg]. The summed E-state index contributed by atoms with van der Waals surface area (Å²) in [5.74, 6) is 0. The van der Waals surface area contributed by atoms with E-state index in [0.717, 1.165) is 0 Å². The van der Waals surface area contributed by atoms with Crippen molar-refractivity contribution in [3.05, 3.63) is 0 Å². The second kappa shape index (κ2) is 5.16. The molecule has 0 aromatic rings. The van der Waals surface area contributed by atoms with Gasteiger partial charge in [-0.1, -0.05) is 0 Å². The van der Waals surface area contributed by atoms with Crippen molar-refractivity contribution in [2.45, 2.75) is 31.6 Å². The summed E-state index contributed by atoms with van der Waals surface area (Å²) in [7, 11) is 0. The molecule has 0 bridgehead atoms. The lowest BCUT2D eigenvalue weighted by molar-refractivity contribution is -0.157. The minimum Gasteiger partial charge on any atom is -0.171 e. The smallest absolute Gasteiger partial charge is 0.171 e. The van der Waals surface area contributed by atoms with Crippen LogP contribution in [0.15, 0.2) is 0 Å². The van der Waals surface area contributed by atoms with Gasteiger partial charge in [0.1, 0.15) is 0 Å². The normalized spacial score (nSPS) is 12.5. The van der Waals surface area contributed by atoms with Crippen LogP contribution >= 0.6 is 0 Å². The molecule has 0 atom stereocenters. The van der Waals surface area contributed by atoms with Crippen molar-refractivity contribution in [1.82, 2.24) is 0 Å². The summed E-state index contributed by atoms with van der Waals surface area (Å²) < 4.78 is 67.6. The number of halogens is 6. The maximum absolute atomic E-state index is 11.3. The summed E-state index contributed by atoms with van der Waals surface area (Å²) in [5.41, 5.74) is 0. The van der Waals surface area contributed by atoms with Crippen molar-refractivity contribution in [3.8, 4) is 0 Å². The standard InChI is InChI=1S/C5H6F6.Mg/c6-4(7,8)2-1-3-5(9,10)11;/h1-3H2;. The molecule has 0 aliphatic heterocycles. The maximum atomic E-state index is 11.3. The quantitative estimate of drug-likeness (QED) is 0.479. The van der Waals surface area contributed by atoms with E-state index in [0.29, 0.717) is 0 Å². The first-order chi connectivity index (χ1) is 4.71. The maximum Gasteiger partial charge on any atom is 0.389 e. The van der Waals surface area contributed by atoms with Crippen molar-refractivity contribution in [3.63, 3.8) is 0 Å². The highest BCUT2D eigenvalue weighted by Gasteiger charge is 2.31. The average molecular weight is 204 g/mol. The van der Waals surface area contributed by atoms with Gasteiger partial charge >= 0.3 is 12.4 Å². The van der Waals surface area contributed by atoms with Crippen LogP contribution in [0.5, 0.6) is 0 Å². The lowest BCUT2D eigenvalue weighted by atomic mass is 10.2. The van der Waals surface area contributed by atoms with Gasteiger partial charge in [0, 0.05) is 35.9 Å². The molecule has 0 nitrogen and oxygen atoms in total. The van der Waals surface area contributed by atoms with Gasteiger partial charge in [-0.05, 0) is 6.42 Å². The van der Waals surface area contributed by atoms with E-state index in [1.165, 1.54) is 0 Å². The van der Waals surface area contributed by atoms with Crippen LogP contribution in [0.2, 0.25) is 0 Å². The Labute approximate surface area is 81.5 Å². The van der Waals surface area contributed by atoms with Crippen LogP contribution < -0.4 is 0 Å². The minimum atomic E-state index is -4.48. The third kappa shape index (κ3) is 13.0. The van der Waals surface area contributed by atoms with E-state index in [2.05, 4.69) is 0 Å². The zero-order valence-electron chi connectivity index (χ0n) is 6.10. The van der Waals surface area contributed by atoms with Gasteiger partial charge in [-0.15, -0.1) is 0 Å². The fourth-order valence-corrected chi connectivity index (χ4v) is 0.489. The lowest BCUT2D eigenvalue weighted by Gasteiger charge is -2.07. The molecule has 0 aliphatic rings.